The van der Waals surface area contributed by atoms with Crippen LogP contribution in [0.3, 0.4) is 0 Å². The second-order valence-electron chi connectivity index (χ2n) is 0. The van der Waals surface area contributed by atoms with Crippen LogP contribution in [0.25, 0.3) is 0 Å². The van der Waals surface area contributed by atoms with Crippen LogP contribution in [-0.2, 0) is 39.7 Å². The molecule has 0 spiro atoms. The number of rotatable bonds is 0. The molecule has 0 aliphatic carbocycles. The molecule has 4 nitrogen and oxygen atoms in total. The molecule has 0 saturated carbocycles. The molecule has 0 atom stereocenters. The van der Waals surface area contributed by atoms with Gasteiger partial charge in [-0.05, 0) is 0 Å². The fourth-order valence-electron chi connectivity index (χ4n) is 0. The summed E-state index contributed by atoms with van der Waals surface area (Å²) in [5.41, 5.74) is 0. The van der Waals surface area contributed by atoms with Crippen molar-refractivity contribution in [3.63, 3.8) is 0 Å². The maximum absolute atomic E-state index is 7.50. The summed E-state index contributed by atoms with van der Waals surface area (Å²) in [6.45, 7) is 18.0. The molecule has 4 radical (unpaired) electrons. The molecule has 0 fully saturated rings. The summed E-state index contributed by atoms with van der Waals surface area (Å²) in [6, 6.07) is 0. The largest absolute Gasteiger partial charge is 0 e. The number of hydrogen-bond acceptors (Lipinski definition) is 0. The van der Waals surface area contributed by atoms with E-state index in [1.165, 1.54) is 0 Å². The zero-order chi connectivity index (χ0) is 8.00. The smallest absolute Gasteiger partial charge is 0 e. The van der Waals surface area contributed by atoms with Crippen molar-refractivity contribution in [3.8, 4) is 0 Å². The van der Waals surface area contributed by atoms with Crippen LogP contribution >= 0.6 is 0 Å². The molecule has 13 heavy (non-hydrogen) atoms. The fourth-order valence-corrected chi connectivity index (χ4v) is 0. The van der Waals surface area contributed by atoms with E-state index in [0.29, 0.717) is 0 Å². The first kappa shape index (κ1) is 69.7. The average molecular weight is 388 g/mol. The molecular formula is C4Na4O4W. The average Bonchev–Trinajstić information content (AvgIpc) is 2.03. The summed E-state index contributed by atoms with van der Waals surface area (Å²) in [5.74, 6) is 0. The minimum atomic E-state index is 0. The van der Waals surface area contributed by atoms with Gasteiger partial charge in [0.1, 0.15) is 0 Å². The Morgan fingerprint density at radius 3 is 0.385 bits per heavy atom. The van der Waals surface area contributed by atoms with Crippen molar-refractivity contribution in [2.75, 3.05) is 0 Å². The molecule has 0 aromatic carbocycles. The predicted molar refractivity (Wildman–Crippen MR) is 38.7 cm³/mol. The van der Waals surface area contributed by atoms with Gasteiger partial charge < -0.3 is 0 Å². The summed E-state index contributed by atoms with van der Waals surface area (Å²) < 4.78 is 30.0. The minimum absolute atomic E-state index is 0. The second-order valence-corrected chi connectivity index (χ2v) is 0. The quantitative estimate of drug-likeness (QED) is 0.270. The fraction of sp³-hybridized carbons (Fsp3) is 0. The van der Waals surface area contributed by atoms with Gasteiger partial charge in [0.25, 0.3) is 0 Å². The Kier molecular flexibility index (Phi) is 1350. The van der Waals surface area contributed by atoms with E-state index in [4.69, 9.17) is 18.6 Å². The third kappa shape index (κ3) is 219. The molecule has 0 N–H and O–H groups in total. The minimum Gasteiger partial charge on any atom is 0 e. The van der Waals surface area contributed by atoms with Crippen molar-refractivity contribution in [1.82, 2.24) is 0 Å². The van der Waals surface area contributed by atoms with Crippen molar-refractivity contribution < 1.29 is 39.7 Å². The van der Waals surface area contributed by atoms with Crippen molar-refractivity contribution in [3.05, 3.63) is 26.6 Å². The Bertz CT molecular complexity index is 67.1. The van der Waals surface area contributed by atoms with E-state index >= 15 is 0 Å². The first-order valence-corrected chi connectivity index (χ1v) is 0.816. The second kappa shape index (κ2) is 252. The molecule has 0 amide bonds. The van der Waals surface area contributed by atoms with E-state index in [1.807, 2.05) is 0 Å². The summed E-state index contributed by atoms with van der Waals surface area (Å²) >= 11 is 0. The summed E-state index contributed by atoms with van der Waals surface area (Å²) in [4.78, 5) is 0. The Labute approximate surface area is 180 Å². The Morgan fingerprint density at radius 2 is 0.385 bits per heavy atom. The monoisotopic (exact) mass is 388 g/mol. The molecule has 0 aromatic heterocycles. The number of hydrogen-bond donors (Lipinski definition) is 0. The molecule has 0 rings (SSSR count). The molecule has 0 unspecified atom stereocenters. The van der Waals surface area contributed by atoms with Crippen molar-refractivity contribution >= 4 is 118 Å². The Morgan fingerprint density at radius 1 is 0.385 bits per heavy atom. The first-order valence-electron chi connectivity index (χ1n) is 0.816. The van der Waals surface area contributed by atoms with Crippen LogP contribution in [0, 0.1) is 26.6 Å². The van der Waals surface area contributed by atoms with Gasteiger partial charge in [-0.25, -0.2) is 0 Å². The van der Waals surface area contributed by atoms with E-state index in [2.05, 4.69) is 26.6 Å². The van der Waals surface area contributed by atoms with E-state index < -0.39 is 0 Å². The predicted octanol–water partition coefficient (Wildman–Crippen LogP) is -1.68. The van der Waals surface area contributed by atoms with Gasteiger partial charge in [0.15, 0.2) is 0 Å². The van der Waals surface area contributed by atoms with Gasteiger partial charge in [-0.15, -0.1) is 0 Å². The van der Waals surface area contributed by atoms with Gasteiger partial charge in [0, 0.05) is 139 Å². The summed E-state index contributed by atoms with van der Waals surface area (Å²) in [6.07, 6.45) is 0. The van der Waals surface area contributed by atoms with Gasteiger partial charge in [0.2, 0.25) is 0 Å². The Hall–Kier alpha value is 3.65. The third-order valence-electron chi connectivity index (χ3n) is 0. The van der Waals surface area contributed by atoms with E-state index in [0.717, 1.165) is 0 Å². The molecule has 50 valence electrons. The van der Waals surface area contributed by atoms with Gasteiger partial charge >= 0.3 is 45.2 Å². The van der Waals surface area contributed by atoms with Crippen LogP contribution in [0.4, 0.5) is 0 Å². The van der Waals surface area contributed by atoms with Gasteiger partial charge in [0.05, 0.1) is 0 Å². The zero-order valence-electron chi connectivity index (χ0n) is 8.04. The van der Waals surface area contributed by atoms with Crippen LogP contribution in [-0.4, -0.2) is 118 Å². The van der Waals surface area contributed by atoms with Crippen molar-refractivity contribution in [2.45, 2.75) is 0 Å². The molecule has 0 saturated heterocycles. The van der Waals surface area contributed by atoms with Crippen LogP contribution in [0.5, 0.6) is 0 Å². The van der Waals surface area contributed by atoms with Crippen LogP contribution in [0.2, 0.25) is 0 Å². The Balaban J connectivity index is -0.00000000208. The van der Waals surface area contributed by atoms with Gasteiger partial charge in [-0.1, -0.05) is 0 Å². The third-order valence-corrected chi connectivity index (χ3v) is 0. The van der Waals surface area contributed by atoms with Crippen molar-refractivity contribution in [2.24, 2.45) is 0 Å². The van der Waals surface area contributed by atoms with Crippen LogP contribution in [0.1, 0.15) is 0 Å². The molecular weight excluding hydrogens is 388 g/mol. The zero-order valence-corrected chi connectivity index (χ0v) is 19.0. The van der Waals surface area contributed by atoms with Gasteiger partial charge in [-0.3, -0.25) is 0 Å². The molecule has 0 heterocycles. The standard InChI is InChI=1S/4CO.4Na.W/c4*1-2;;;;;. The van der Waals surface area contributed by atoms with E-state index in [1.54, 1.807) is 0 Å². The normalized spacial score (nSPS) is 0.615. The summed E-state index contributed by atoms with van der Waals surface area (Å²) in [5, 5.41) is 0. The maximum Gasteiger partial charge on any atom is 0 e. The van der Waals surface area contributed by atoms with Gasteiger partial charge in [-0.2, -0.15) is 0 Å². The molecule has 0 aliphatic heterocycles. The summed E-state index contributed by atoms with van der Waals surface area (Å²) in [7, 11) is 0. The van der Waals surface area contributed by atoms with Crippen LogP contribution in [0.15, 0.2) is 0 Å². The SMILES string of the molecule is [C-]#[O+].[C-]#[O+].[C-]#[O+].[C-]#[O+].[Na].[Na].[Na].[Na].[W]. The molecule has 0 bridgehead atoms. The first-order chi connectivity index (χ1) is 4.00. The van der Waals surface area contributed by atoms with Crippen molar-refractivity contribution in [1.29, 1.82) is 0 Å². The van der Waals surface area contributed by atoms with E-state index in [9.17, 15) is 0 Å². The van der Waals surface area contributed by atoms with Crippen LogP contribution < -0.4 is 0 Å². The molecule has 0 aliphatic rings. The molecule has 9 heteroatoms. The molecule has 0 aromatic rings. The van der Waals surface area contributed by atoms with E-state index in [-0.39, 0.29) is 139 Å². The topological polar surface area (TPSA) is 79.6 Å². The maximum atomic E-state index is 7.50.